The van der Waals surface area contributed by atoms with Crippen LogP contribution in [-0.2, 0) is 31.6 Å². The second kappa shape index (κ2) is 12.9. The van der Waals surface area contributed by atoms with Gasteiger partial charge >= 0.3 is 5.69 Å². The number of rotatable bonds is 11. The van der Waals surface area contributed by atoms with Gasteiger partial charge in [0.25, 0.3) is 5.56 Å². The first-order chi connectivity index (χ1) is 22.6. The Kier molecular flexibility index (Phi) is 9.26. The molecule has 1 N–H and O–H groups in total. The molecule has 3 aromatic heterocycles. The van der Waals surface area contributed by atoms with E-state index in [1.807, 2.05) is 24.3 Å². The molecule has 4 atom stereocenters. The minimum Gasteiger partial charge on any atom is -0.496 e. The first-order valence-corrected chi connectivity index (χ1v) is 18.5. The molecular formula is C34H44N4O8S2. The van der Waals surface area contributed by atoms with Gasteiger partial charge in [-0.3, -0.25) is 13.9 Å². The largest absolute Gasteiger partial charge is 0.496 e. The molecule has 48 heavy (non-hydrogen) atoms. The quantitative estimate of drug-likeness (QED) is 0.226. The normalized spacial score (nSPS) is 20.8. The van der Waals surface area contributed by atoms with Gasteiger partial charge in [0, 0.05) is 12.1 Å². The van der Waals surface area contributed by atoms with Gasteiger partial charge in [-0.15, -0.1) is 11.3 Å². The van der Waals surface area contributed by atoms with E-state index in [1.54, 1.807) is 53.2 Å². The minimum atomic E-state index is -3.77. The molecule has 14 heteroatoms. The minimum absolute atomic E-state index is 0.0669. The highest BCUT2D eigenvalue weighted by atomic mass is 32.2. The fraction of sp³-hybridized carbons (Fsp3) is 0.559. The summed E-state index contributed by atoms with van der Waals surface area (Å²) in [5, 5.41) is 0.336. The van der Waals surface area contributed by atoms with E-state index < -0.39 is 37.7 Å². The number of ether oxygens (including phenoxy) is 3. The highest BCUT2D eigenvalue weighted by Gasteiger charge is 2.38. The summed E-state index contributed by atoms with van der Waals surface area (Å²) in [6.45, 7) is 9.83. The summed E-state index contributed by atoms with van der Waals surface area (Å²) in [7, 11) is -2.17. The molecule has 260 valence electrons. The average molecular weight is 701 g/mol. The fourth-order valence-electron chi connectivity index (χ4n) is 6.61. The lowest BCUT2D eigenvalue weighted by atomic mass is 10.0. The highest BCUT2D eigenvalue weighted by Crippen LogP contribution is 2.40. The van der Waals surface area contributed by atoms with Crippen LogP contribution in [0.25, 0.3) is 21.0 Å². The van der Waals surface area contributed by atoms with E-state index in [9.17, 15) is 18.0 Å². The third-order valence-electron chi connectivity index (χ3n) is 9.38. The number of benzene rings is 1. The van der Waals surface area contributed by atoms with Gasteiger partial charge in [0.15, 0.2) is 0 Å². The van der Waals surface area contributed by atoms with Crippen molar-refractivity contribution in [2.75, 3.05) is 13.7 Å². The van der Waals surface area contributed by atoms with Crippen molar-refractivity contribution in [3.8, 4) is 16.5 Å². The number of fused-ring (bicyclic) bond motifs is 3. The van der Waals surface area contributed by atoms with Crippen molar-refractivity contribution < 1.29 is 27.0 Å². The molecule has 2 fully saturated rings. The van der Waals surface area contributed by atoms with Gasteiger partial charge in [-0.05, 0) is 78.9 Å². The van der Waals surface area contributed by atoms with Crippen LogP contribution >= 0.6 is 11.3 Å². The van der Waals surface area contributed by atoms with E-state index >= 15 is 0 Å². The van der Waals surface area contributed by atoms with Crippen molar-refractivity contribution in [2.45, 2.75) is 108 Å². The number of hydrogen-bond acceptors (Lipinski definition) is 10. The lowest BCUT2D eigenvalue weighted by molar-refractivity contribution is -0.109. The first kappa shape index (κ1) is 34.6. The maximum Gasteiger partial charge on any atom is 0.332 e. The first-order valence-electron chi connectivity index (χ1n) is 16.2. The number of para-hydroxylation sites is 1. The van der Waals surface area contributed by atoms with E-state index in [2.05, 4.69) is 9.71 Å². The second-order valence-corrected chi connectivity index (χ2v) is 17.8. The van der Waals surface area contributed by atoms with Crippen molar-refractivity contribution in [3.63, 3.8) is 0 Å². The lowest BCUT2D eigenvalue weighted by Gasteiger charge is -2.33. The van der Waals surface area contributed by atoms with Crippen LogP contribution in [0.4, 0.5) is 0 Å². The lowest BCUT2D eigenvalue weighted by Crippen LogP contribution is -2.55. The number of nitrogens with one attached hydrogen (secondary N) is 1. The Morgan fingerprint density at radius 1 is 1.10 bits per heavy atom. The molecule has 0 amide bonds. The molecule has 6 rings (SSSR count). The molecule has 0 radical (unpaired) electrons. The number of thiophene rings is 1. The monoisotopic (exact) mass is 700 g/mol. The molecule has 0 aliphatic carbocycles. The smallest absolute Gasteiger partial charge is 0.332 e. The van der Waals surface area contributed by atoms with Crippen LogP contribution in [0.3, 0.4) is 0 Å². The van der Waals surface area contributed by atoms with Crippen LogP contribution in [0.15, 0.2) is 50.7 Å². The van der Waals surface area contributed by atoms with Gasteiger partial charge in [0.05, 0.1) is 58.7 Å². The summed E-state index contributed by atoms with van der Waals surface area (Å²) in [6, 6.07) is 7.57. The number of oxazole rings is 1. The number of nitrogens with zero attached hydrogens (tertiary/aromatic N) is 3. The summed E-state index contributed by atoms with van der Waals surface area (Å²) >= 11 is 1.26. The Hall–Kier alpha value is -3.30. The topological polar surface area (TPSA) is 144 Å². The molecule has 2 bridgehead atoms. The second-order valence-electron chi connectivity index (χ2n) is 14.3. The number of sulfonamides is 1. The Morgan fingerprint density at radius 2 is 1.79 bits per heavy atom. The van der Waals surface area contributed by atoms with E-state index in [1.165, 1.54) is 23.8 Å². The number of aryl methyl sites for hydroxylation is 1. The van der Waals surface area contributed by atoms with E-state index in [4.69, 9.17) is 18.6 Å². The summed E-state index contributed by atoms with van der Waals surface area (Å²) in [5.74, 6) is 0.959. The summed E-state index contributed by atoms with van der Waals surface area (Å²) in [4.78, 5) is 34.5. The summed E-state index contributed by atoms with van der Waals surface area (Å²) in [5.41, 5.74) is -0.959. The van der Waals surface area contributed by atoms with Gasteiger partial charge < -0.3 is 18.6 Å². The molecule has 1 unspecified atom stereocenters. The van der Waals surface area contributed by atoms with Crippen LogP contribution in [0.2, 0.25) is 0 Å². The maximum absolute atomic E-state index is 14.7. The fourth-order valence-corrected chi connectivity index (χ4v) is 8.83. The third kappa shape index (κ3) is 6.40. The van der Waals surface area contributed by atoms with Gasteiger partial charge in [0.2, 0.25) is 15.9 Å². The molecule has 0 saturated carbocycles. The zero-order chi connectivity index (χ0) is 34.6. The van der Waals surface area contributed by atoms with Gasteiger partial charge in [-0.25, -0.2) is 22.9 Å². The molecular weight excluding hydrogens is 657 g/mol. The van der Waals surface area contributed by atoms with Crippen LogP contribution in [0.1, 0.15) is 77.5 Å². The number of hydrogen-bond donors (Lipinski definition) is 1. The SMILES string of the molecule is COc1ccccc1[C@H](Cn1c(=O)n(C(C)(C)CNS(=O)(=O)C(C)(C)C)c(=O)c2c(C)c(-c3ncco3)sc21)OC1C[C@H]2CC[C@@H](C1)O2. The molecule has 2 aliphatic rings. The molecule has 1 aromatic carbocycles. The molecule has 5 heterocycles. The Morgan fingerprint density at radius 3 is 2.42 bits per heavy atom. The maximum atomic E-state index is 14.7. The zero-order valence-electron chi connectivity index (χ0n) is 28.4. The average Bonchev–Trinajstić information content (AvgIpc) is 3.76. The van der Waals surface area contributed by atoms with Gasteiger partial charge in [-0.1, -0.05) is 18.2 Å². The Bertz CT molecular complexity index is 2010. The van der Waals surface area contributed by atoms with Gasteiger partial charge in [0.1, 0.15) is 22.9 Å². The molecule has 0 spiro atoms. The van der Waals surface area contributed by atoms with Crippen molar-refractivity contribution in [1.29, 1.82) is 0 Å². The highest BCUT2D eigenvalue weighted by molar-refractivity contribution is 7.90. The molecule has 12 nitrogen and oxygen atoms in total. The van der Waals surface area contributed by atoms with Crippen LogP contribution in [0, 0.1) is 6.92 Å². The standard InChI is InChI=1S/C34H44N4O8S2/c1-20-27-30(39)38(34(5,6)19-36-48(41,42)33(2,3)4)32(40)37(31(27)47-28(20)29-35-14-15-44-29)18-26(24-10-8-9-11-25(24)43-7)46-23-16-21-12-13-22(17-23)45-21/h8-11,14-15,21-23,26,36H,12-13,16-19H2,1-7H3/t21-,22+,23?,26-/m0/s1. The predicted molar refractivity (Wildman–Crippen MR) is 184 cm³/mol. The van der Waals surface area contributed by atoms with E-state index in [0.29, 0.717) is 32.3 Å². The summed E-state index contributed by atoms with van der Waals surface area (Å²) < 4.78 is 54.7. The zero-order valence-corrected chi connectivity index (χ0v) is 30.1. The van der Waals surface area contributed by atoms with Crippen molar-refractivity contribution in [2.24, 2.45) is 0 Å². The van der Waals surface area contributed by atoms with Gasteiger partial charge in [-0.2, -0.15) is 0 Å². The van der Waals surface area contributed by atoms with Crippen LogP contribution in [0.5, 0.6) is 5.75 Å². The van der Waals surface area contributed by atoms with Crippen molar-refractivity contribution >= 4 is 31.6 Å². The third-order valence-corrected chi connectivity index (χ3v) is 12.8. The Balaban J connectivity index is 1.52. The Labute approximate surface area is 284 Å². The molecule has 2 saturated heterocycles. The summed E-state index contributed by atoms with van der Waals surface area (Å²) in [6.07, 6.45) is 6.06. The van der Waals surface area contributed by atoms with Crippen molar-refractivity contribution in [3.05, 3.63) is 68.7 Å². The molecule has 2 aliphatic heterocycles. The van der Waals surface area contributed by atoms with Crippen LogP contribution in [-0.4, -0.2) is 59.2 Å². The van der Waals surface area contributed by atoms with Crippen molar-refractivity contribution in [1.82, 2.24) is 18.8 Å². The molecule has 4 aromatic rings. The van der Waals surface area contributed by atoms with Crippen LogP contribution < -0.4 is 20.7 Å². The number of aromatic nitrogens is 3. The number of methoxy groups -OCH3 is 1. The predicted octanol–water partition coefficient (Wildman–Crippen LogP) is 5.12. The van der Waals surface area contributed by atoms with E-state index in [-0.39, 0.29) is 31.4 Å². The van der Waals surface area contributed by atoms with E-state index in [0.717, 1.165) is 35.8 Å².